The van der Waals surface area contributed by atoms with Gasteiger partial charge in [0, 0.05) is 5.92 Å². The molecule has 1 aliphatic heterocycles. The van der Waals surface area contributed by atoms with E-state index < -0.39 is 0 Å². The third kappa shape index (κ3) is 3.18. The molecule has 2 N–H and O–H groups in total. The molecule has 4 aliphatic carbocycles. The van der Waals surface area contributed by atoms with E-state index in [-0.39, 0.29) is 58.3 Å². The van der Waals surface area contributed by atoms with Crippen LogP contribution < -0.4 is 0 Å². The number of aliphatic hydroxyl groups excluding tert-OH is 2. The highest BCUT2D eigenvalue weighted by atomic mass is 16.6. The minimum absolute atomic E-state index is 0.00161. The molecule has 0 aromatic heterocycles. The molecule has 186 valence electrons. The van der Waals surface area contributed by atoms with Crippen molar-refractivity contribution in [1.29, 1.82) is 0 Å². The Hall–Kier alpha value is -0.870. The van der Waals surface area contributed by atoms with E-state index in [0.29, 0.717) is 17.8 Å². The van der Waals surface area contributed by atoms with Crippen molar-refractivity contribution in [2.45, 2.75) is 111 Å². The van der Waals surface area contributed by atoms with Crippen LogP contribution in [-0.2, 0) is 9.53 Å². The van der Waals surface area contributed by atoms with Crippen LogP contribution in [-0.4, -0.2) is 34.5 Å². The summed E-state index contributed by atoms with van der Waals surface area (Å²) in [7, 11) is 0. The van der Waals surface area contributed by atoms with Crippen LogP contribution in [0.2, 0.25) is 0 Å². The number of ether oxygens (including phenoxy) is 1. The second-order valence-electron chi connectivity index (χ2n) is 13.6. The van der Waals surface area contributed by atoms with Gasteiger partial charge in [0.15, 0.2) is 0 Å². The zero-order chi connectivity index (χ0) is 23.9. The van der Waals surface area contributed by atoms with E-state index in [1.54, 1.807) is 0 Å². The maximum Gasteiger partial charge on any atom is 0.309 e. The molecule has 33 heavy (non-hydrogen) atoms. The van der Waals surface area contributed by atoms with Gasteiger partial charge in [0.25, 0.3) is 0 Å². The molecule has 5 rings (SSSR count). The summed E-state index contributed by atoms with van der Waals surface area (Å²) in [6, 6.07) is 0. The van der Waals surface area contributed by atoms with Crippen molar-refractivity contribution < 1.29 is 19.7 Å². The molecule has 0 amide bonds. The van der Waals surface area contributed by atoms with Crippen LogP contribution in [0.4, 0.5) is 0 Å². The van der Waals surface area contributed by atoms with Crippen molar-refractivity contribution in [1.82, 2.24) is 0 Å². The van der Waals surface area contributed by atoms with Crippen molar-refractivity contribution >= 4 is 5.97 Å². The molecule has 1 heterocycles. The number of hydrogen-bond acceptors (Lipinski definition) is 4. The maximum atomic E-state index is 12.9. The Morgan fingerprint density at radius 1 is 1.06 bits per heavy atom. The Bertz CT molecular complexity index is 831. The van der Waals surface area contributed by atoms with E-state index in [1.165, 1.54) is 5.57 Å². The number of allylic oxidation sites excluding steroid dienone is 2. The van der Waals surface area contributed by atoms with Gasteiger partial charge in [0.2, 0.25) is 0 Å². The Morgan fingerprint density at radius 2 is 1.79 bits per heavy atom. The summed E-state index contributed by atoms with van der Waals surface area (Å²) in [5.74, 6) is 1.59. The molecule has 0 aromatic rings. The van der Waals surface area contributed by atoms with Gasteiger partial charge in [-0.3, -0.25) is 4.79 Å². The van der Waals surface area contributed by atoms with E-state index >= 15 is 0 Å². The van der Waals surface area contributed by atoms with Crippen molar-refractivity contribution in [2.24, 2.45) is 51.8 Å². The first kappa shape index (κ1) is 23.9. The van der Waals surface area contributed by atoms with Gasteiger partial charge in [-0.15, -0.1) is 0 Å². The lowest BCUT2D eigenvalue weighted by atomic mass is 9.36. The molecular formula is C29H46O4. The summed E-state index contributed by atoms with van der Waals surface area (Å²) in [5, 5.41) is 22.4. The maximum absolute atomic E-state index is 12.9. The van der Waals surface area contributed by atoms with Crippen LogP contribution in [0.1, 0.15) is 92.9 Å². The average Bonchev–Trinajstić information content (AvgIpc) is 3.17. The summed E-state index contributed by atoms with van der Waals surface area (Å²) in [6.07, 6.45) is 9.35. The summed E-state index contributed by atoms with van der Waals surface area (Å²) >= 11 is 0. The number of carbonyl (C=O) groups excluding carboxylic acids is 1. The van der Waals surface area contributed by atoms with Gasteiger partial charge in [0.05, 0.1) is 18.1 Å². The number of fused-ring (bicyclic) bond motifs is 7. The van der Waals surface area contributed by atoms with Gasteiger partial charge in [-0.1, -0.05) is 39.3 Å². The predicted molar refractivity (Wildman–Crippen MR) is 129 cm³/mol. The normalized spacial score (nSPS) is 55.2. The van der Waals surface area contributed by atoms with Gasteiger partial charge >= 0.3 is 5.97 Å². The van der Waals surface area contributed by atoms with Gasteiger partial charge in [-0.05, 0) is 105 Å². The SMILES string of the molecule is CC(C)=CCC[C@@H]1C(=O)O[C@H]2C[C@@]3(C)C(C[C@@H](O)[C@H]4[C@@]5(C)CC[C@@H](O)[C@@H](C)C5CC[C@@]43C)[C@H]21. The third-order valence-corrected chi connectivity index (χ3v) is 12.0. The van der Waals surface area contributed by atoms with Crippen molar-refractivity contribution in [3.63, 3.8) is 0 Å². The summed E-state index contributed by atoms with van der Waals surface area (Å²) < 4.78 is 6.06. The highest BCUT2D eigenvalue weighted by Crippen LogP contribution is 2.75. The van der Waals surface area contributed by atoms with Crippen molar-refractivity contribution in [2.75, 3.05) is 0 Å². The zero-order valence-corrected chi connectivity index (χ0v) is 21.6. The molecule has 0 radical (unpaired) electrons. The number of esters is 1. The minimum Gasteiger partial charge on any atom is -0.462 e. The molecule has 5 fully saturated rings. The molecule has 0 aromatic carbocycles. The fourth-order valence-electron chi connectivity index (χ4n) is 10.4. The lowest BCUT2D eigenvalue weighted by Gasteiger charge is -2.69. The fraction of sp³-hybridized carbons (Fsp3) is 0.897. The second kappa shape index (κ2) is 7.82. The number of aliphatic hydroxyl groups is 2. The lowest BCUT2D eigenvalue weighted by molar-refractivity contribution is -0.240. The van der Waals surface area contributed by atoms with Crippen molar-refractivity contribution in [3.8, 4) is 0 Å². The van der Waals surface area contributed by atoms with E-state index in [4.69, 9.17) is 4.74 Å². The summed E-state index contributed by atoms with van der Waals surface area (Å²) in [5.41, 5.74) is 1.48. The molecule has 0 spiro atoms. The second-order valence-corrected chi connectivity index (χ2v) is 13.6. The molecule has 1 saturated heterocycles. The number of carbonyl (C=O) groups is 1. The number of rotatable bonds is 3. The first-order chi connectivity index (χ1) is 15.4. The molecular weight excluding hydrogens is 412 g/mol. The van der Waals surface area contributed by atoms with Crippen LogP contribution in [0, 0.1) is 51.8 Å². The molecule has 4 saturated carbocycles. The van der Waals surface area contributed by atoms with E-state index in [1.807, 2.05) is 0 Å². The fourth-order valence-corrected chi connectivity index (χ4v) is 10.4. The first-order valence-electron chi connectivity index (χ1n) is 13.6. The standard InChI is InChI=1S/C29H46O4/c1-16(2)8-7-9-18-24-20-14-22(31)25-27(4)12-11-21(30)17(3)19(27)10-13-28(25,5)29(20,6)15-23(24)33-26(18)32/h8,17-25,30-31H,7,9-15H2,1-6H3/t17-,18-,19?,20?,21+,22+,23-,24+,25-,27-,28-,29-/m0/s1. The Labute approximate surface area is 200 Å². The first-order valence-corrected chi connectivity index (χ1v) is 13.6. The van der Waals surface area contributed by atoms with Gasteiger partial charge in [0.1, 0.15) is 6.10 Å². The monoisotopic (exact) mass is 458 g/mol. The molecule has 0 bridgehead atoms. The highest BCUT2D eigenvalue weighted by molar-refractivity contribution is 5.75. The highest BCUT2D eigenvalue weighted by Gasteiger charge is 2.73. The van der Waals surface area contributed by atoms with Crippen LogP contribution in [0.15, 0.2) is 11.6 Å². The van der Waals surface area contributed by atoms with Crippen LogP contribution in [0.5, 0.6) is 0 Å². The average molecular weight is 459 g/mol. The van der Waals surface area contributed by atoms with Gasteiger partial charge in [-0.25, -0.2) is 0 Å². The van der Waals surface area contributed by atoms with Crippen LogP contribution in [0.3, 0.4) is 0 Å². The topological polar surface area (TPSA) is 66.8 Å². The molecule has 4 heteroatoms. The summed E-state index contributed by atoms with van der Waals surface area (Å²) in [6.45, 7) is 13.8. The van der Waals surface area contributed by atoms with Crippen LogP contribution in [0.25, 0.3) is 0 Å². The molecule has 5 aliphatic rings. The van der Waals surface area contributed by atoms with Crippen LogP contribution >= 0.6 is 0 Å². The Kier molecular flexibility index (Phi) is 5.65. The Balaban J connectivity index is 1.48. The number of hydrogen-bond donors (Lipinski definition) is 2. The van der Waals surface area contributed by atoms with Gasteiger partial charge < -0.3 is 14.9 Å². The quantitative estimate of drug-likeness (QED) is 0.432. The van der Waals surface area contributed by atoms with Crippen molar-refractivity contribution in [3.05, 3.63) is 11.6 Å². The lowest BCUT2D eigenvalue weighted by Crippen LogP contribution is -2.66. The van der Waals surface area contributed by atoms with Gasteiger partial charge in [-0.2, -0.15) is 0 Å². The third-order valence-electron chi connectivity index (χ3n) is 12.0. The summed E-state index contributed by atoms with van der Waals surface area (Å²) in [4.78, 5) is 12.9. The predicted octanol–water partition coefficient (Wildman–Crippen LogP) is 5.51. The largest absolute Gasteiger partial charge is 0.462 e. The smallest absolute Gasteiger partial charge is 0.309 e. The minimum atomic E-state index is -0.337. The Morgan fingerprint density at radius 3 is 2.48 bits per heavy atom. The van der Waals surface area contributed by atoms with E-state index in [0.717, 1.165) is 51.4 Å². The molecule has 4 nitrogen and oxygen atoms in total. The molecule has 12 atom stereocenters. The zero-order valence-electron chi connectivity index (χ0n) is 21.6. The molecule has 2 unspecified atom stereocenters. The van der Waals surface area contributed by atoms with E-state index in [9.17, 15) is 15.0 Å². The van der Waals surface area contributed by atoms with E-state index in [2.05, 4.69) is 47.6 Å².